The predicted octanol–water partition coefficient (Wildman–Crippen LogP) is 2.63. The zero-order chi connectivity index (χ0) is 15.2. The fraction of sp³-hybridized carbons (Fsp3) is 0.214. The van der Waals surface area contributed by atoms with Crippen LogP contribution < -0.4 is 14.8 Å². The van der Waals surface area contributed by atoms with Crippen molar-refractivity contribution in [1.82, 2.24) is 9.97 Å². The molecule has 1 heterocycles. The molecule has 0 spiro atoms. The second-order valence-electron chi connectivity index (χ2n) is 4.00. The molecular formula is C14H13ClN4O2. The highest BCUT2D eigenvalue weighted by Gasteiger charge is 2.15. The van der Waals surface area contributed by atoms with Crippen LogP contribution in [-0.4, -0.2) is 24.2 Å². The molecule has 0 atom stereocenters. The van der Waals surface area contributed by atoms with Crippen molar-refractivity contribution in [3.8, 4) is 17.8 Å². The van der Waals surface area contributed by atoms with Gasteiger partial charge in [0.25, 0.3) is 0 Å². The van der Waals surface area contributed by atoms with Gasteiger partial charge in [0.1, 0.15) is 6.07 Å². The largest absolute Gasteiger partial charge is 0.480 e. The Morgan fingerprint density at radius 1 is 1.19 bits per heavy atom. The van der Waals surface area contributed by atoms with Gasteiger partial charge in [-0.3, -0.25) is 0 Å². The number of benzene rings is 1. The van der Waals surface area contributed by atoms with Crippen molar-refractivity contribution in [3.63, 3.8) is 0 Å². The highest BCUT2D eigenvalue weighted by molar-refractivity contribution is 6.31. The third-order valence-corrected chi connectivity index (χ3v) is 3.10. The van der Waals surface area contributed by atoms with Crippen LogP contribution in [-0.2, 0) is 6.54 Å². The maximum atomic E-state index is 9.07. The van der Waals surface area contributed by atoms with E-state index in [1.165, 1.54) is 14.2 Å². The normalized spacial score (nSPS) is 9.81. The standard InChI is InChI=1S/C14H13ClN4O2/c1-20-12-10(7-16)13(21-2)19-14(18-12)17-8-9-5-3-4-6-11(9)15/h3-6H,8H2,1-2H3,(H,17,18,19). The molecule has 0 bridgehead atoms. The van der Waals surface area contributed by atoms with Gasteiger partial charge < -0.3 is 14.8 Å². The summed E-state index contributed by atoms with van der Waals surface area (Å²) in [7, 11) is 2.86. The Bertz CT molecular complexity index is 660. The molecule has 2 rings (SSSR count). The summed E-state index contributed by atoms with van der Waals surface area (Å²) in [5.74, 6) is 0.611. The summed E-state index contributed by atoms with van der Waals surface area (Å²) in [6.07, 6.45) is 0. The number of hydrogen-bond acceptors (Lipinski definition) is 6. The highest BCUT2D eigenvalue weighted by atomic mass is 35.5. The SMILES string of the molecule is COc1nc(NCc2ccccc2Cl)nc(OC)c1C#N. The van der Waals surface area contributed by atoms with Gasteiger partial charge in [0.2, 0.25) is 17.7 Å². The quantitative estimate of drug-likeness (QED) is 0.914. The number of nitriles is 1. The van der Waals surface area contributed by atoms with E-state index in [1.54, 1.807) is 6.07 Å². The molecule has 0 radical (unpaired) electrons. The van der Waals surface area contributed by atoms with Crippen molar-refractivity contribution < 1.29 is 9.47 Å². The fourth-order valence-electron chi connectivity index (χ4n) is 1.71. The van der Waals surface area contributed by atoms with Crippen LogP contribution in [0.5, 0.6) is 11.8 Å². The van der Waals surface area contributed by atoms with Crippen LogP contribution in [0.25, 0.3) is 0 Å². The maximum Gasteiger partial charge on any atom is 0.240 e. The third kappa shape index (κ3) is 3.33. The highest BCUT2D eigenvalue weighted by Crippen LogP contribution is 2.25. The number of aromatic nitrogens is 2. The molecule has 108 valence electrons. The fourth-order valence-corrected chi connectivity index (χ4v) is 1.91. The molecule has 7 heteroatoms. The zero-order valence-corrected chi connectivity index (χ0v) is 12.3. The number of ether oxygens (including phenoxy) is 2. The lowest BCUT2D eigenvalue weighted by Gasteiger charge is -2.10. The summed E-state index contributed by atoms with van der Waals surface area (Å²) in [6.45, 7) is 0.442. The summed E-state index contributed by atoms with van der Waals surface area (Å²) in [5.41, 5.74) is 1.06. The first kappa shape index (κ1) is 14.9. The van der Waals surface area contributed by atoms with Crippen LogP contribution in [0.2, 0.25) is 5.02 Å². The molecule has 2 aromatic rings. The van der Waals surface area contributed by atoms with E-state index in [0.29, 0.717) is 17.5 Å². The number of nitrogens with one attached hydrogen (secondary N) is 1. The van der Waals surface area contributed by atoms with Crippen molar-refractivity contribution in [3.05, 3.63) is 40.4 Å². The van der Waals surface area contributed by atoms with Gasteiger partial charge in [-0.05, 0) is 11.6 Å². The van der Waals surface area contributed by atoms with Crippen LogP contribution in [0.15, 0.2) is 24.3 Å². The van der Waals surface area contributed by atoms with Gasteiger partial charge in [0, 0.05) is 11.6 Å². The zero-order valence-electron chi connectivity index (χ0n) is 11.6. The van der Waals surface area contributed by atoms with E-state index < -0.39 is 0 Å². The Morgan fingerprint density at radius 3 is 2.33 bits per heavy atom. The van der Waals surface area contributed by atoms with Gasteiger partial charge in [0.15, 0.2) is 5.56 Å². The van der Waals surface area contributed by atoms with Gasteiger partial charge in [-0.15, -0.1) is 0 Å². The minimum Gasteiger partial charge on any atom is -0.480 e. The molecule has 0 aliphatic carbocycles. The van der Waals surface area contributed by atoms with E-state index in [-0.39, 0.29) is 17.3 Å². The third-order valence-electron chi connectivity index (χ3n) is 2.74. The first-order chi connectivity index (χ1) is 10.2. The molecule has 6 nitrogen and oxygen atoms in total. The monoisotopic (exact) mass is 304 g/mol. The lowest BCUT2D eigenvalue weighted by atomic mass is 10.2. The van der Waals surface area contributed by atoms with Crippen LogP contribution in [0.1, 0.15) is 11.1 Å². The first-order valence-corrected chi connectivity index (χ1v) is 6.44. The lowest BCUT2D eigenvalue weighted by molar-refractivity contribution is 0.370. The molecule has 0 fully saturated rings. The maximum absolute atomic E-state index is 9.07. The minimum absolute atomic E-state index is 0.156. The summed E-state index contributed by atoms with van der Waals surface area (Å²) in [6, 6.07) is 9.40. The van der Waals surface area contributed by atoms with Gasteiger partial charge in [-0.1, -0.05) is 29.8 Å². The predicted molar refractivity (Wildman–Crippen MR) is 78.6 cm³/mol. The van der Waals surface area contributed by atoms with Crippen LogP contribution in [0, 0.1) is 11.3 Å². The van der Waals surface area contributed by atoms with E-state index in [1.807, 2.05) is 24.3 Å². The second kappa shape index (κ2) is 6.77. The number of hydrogen-bond donors (Lipinski definition) is 1. The number of rotatable bonds is 5. The summed E-state index contributed by atoms with van der Waals surface area (Å²) in [5, 5.41) is 12.7. The van der Waals surface area contributed by atoms with Crippen molar-refractivity contribution >= 4 is 17.5 Å². The van der Waals surface area contributed by atoms with Gasteiger partial charge in [0.05, 0.1) is 14.2 Å². The topological polar surface area (TPSA) is 80.1 Å². The van der Waals surface area contributed by atoms with Crippen molar-refractivity contribution in [2.45, 2.75) is 6.54 Å². The van der Waals surface area contributed by atoms with Crippen LogP contribution in [0.4, 0.5) is 5.95 Å². The molecule has 0 amide bonds. The Balaban J connectivity index is 2.25. The van der Waals surface area contributed by atoms with E-state index in [9.17, 15) is 0 Å². The van der Waals surface area contributed by atoms with Crippen molar-refractivity contribution in [2.24, 2.45) is 0 Å². The van der Waals surface area contributed by atoms with E-state index in [0.717, 1.165) is 5.56 Å². The molecule has 0 saturated heterocycles. The number of anilines is 1. The molecule has 1 aromatic carbocycles. The Hall–Kier alpha value is -2.52. The molecule has 1 N–H and O–H groups in total. The Labute approximate surface area is 127 Å². The Kier molecular flexibility index (Phi) is 4.80. The number of methoxy groups -OCH3 is 2. The lowest BCUT2D eigenvalue weighted by Crippen LogP contribution is -2.07. The van der Waals surface area contributed by atoms with Gasteiger partial charge >= 0.3 is 0 Å². The second-order valence-corrected chi connectivity index (χ2v) is 4.40. The molecule has 0 saturated carbocycles. The average Bonchev–Trinajstić information content (AvgIpc) is 2.52. The van der Waals surface area contributed by atoms with E-state index in [2.05, 4.69) is 15.3 Å². The molecule has 0 aliphatic rings. The smallest absolute Gasteiger partial charge is 0.240 e. The number of halogens is 1. The molecule has 1 aromatic heterocycles. The van der Waals surface area contributed by atoms with Crippen LogP contribution in [0.3, 0.4) is 0 Å². The van der Waals surface area contributed by atoms with E-state index >= 15 is 0 Å². The summed E-state index contributed by atoms with van der Waals surface area (Å²) >= 11 is 6.08. The average molecular weight is 305 g/mol. The summed E-state index contributed by atoms with van der Waals surface area (Å²) in [4.78, 5) is 8.25. The molecule has 0 unspecified atom stereocenters. The van der Waals surface area contributed by atoms with Crippen molar-refractivity contribution in [2.75, 3.05) is 19.5 Å². The molecule has 21 heavy (non-hydrogen) atoms. The van der Waals surface area contributed by atoms with Gasteiger partial charge in [-0.25, -0.2) is 0 Å². The van der Waals surface area contributed by atoms with Crippen LogP contribution >= 0.6 is 11.6 Å². The first-order valence-electron chi connectivity index (χ1n) is 6.07. The minimum atomic E-state index is 0.156. The van der Waals surface area contributed by atoms with Gasteiger partial charge in [-0.2, -0.15) is 15.2 Å². The van der Waals surface area contributed by atoms with E-state index in [4.69, 9.17) is 26.3 Å². The number of nitrogens with zero attached hydrogens (tertiary/aromatic N) is 3. The Morgan fingerprint density at radius 2 is 1.81 bits per heavy atom. The van der Waals surface area contributed by atoms with Crippen molar-refractivity contribution in [1.29, 1.82) is 5.26 Å². The molecular weight excluding hydrogens is 292 g/mol. The molecule has 0 aliphatic heterocycles. The summed E-state index contributed by atoms with van der Waals surface area (Å²) < 4.78 is 10.2.